The van der Waals surface area contributed by atoms with E-state index in [1.165, 1.54) is 11.3 Å². The third kappa shape index (κ3) is 3.45. The van der Waals surface area contributed by atoms with Crippen LogP contribution in [0.3, 0.4) is 0 Å². The minimum atomic E-state index is -0.142. The highest BCUT2D eigenvalue weighted by atomic mass is 32.1. The van der Waals surface area contributed by atoms with Crippen LogP contribution in [0.1, 0.15) is 33.0 Å². The molecule has 0 aliphatic rings. The number of rotatable bonds is 3. The zero-order valence-corrected chi connectivity index (χ0v) is 13.0. The quantitative estimate of drug-likeness (QED) is 0.945. The van der Waals surface area contributed by atoms with Crippen molar-refractivity contribution in [3.63, 3.8) is 0 Å². The molecule has 6 heteroatoms. The molecule has 108 valence electrons. The smallest absolute Gasteiger partial charge is 0.268 e. The summed E-state index contributed by atoms with van der Waals surface area (Å²) in [4.78, 5) is 32.6. The number of nitrogens with one attached hydrogen (secondary N) is 1. The van der Waals surface area contributed by atoms with Crippen molar-refractivity contribution in [2.24, 2.45) is 5.41 Å². The van der Waals surface area contributed by atoms with E-state index >= 15 is 0 Å². The molecule has 1 N–H and O–H groups in total. The van der Waals surface area contributed by atoms with Crippen molar-refractivity contribution < 1.29 is 4.79 Å². The van der Waals surface area contributed by atoms with Crippen LogP contribution in [0.4, 0.5) is 0 Å². The molecule has 0 saturated carbocycles. The van der Waals surface area contributed by atoms with Gasteiger partial charge in [-0.1, -0.05) is 20.8 Å². The lowest BCUT2D eigenvalue weighted by Gasteiger charge is -2.22. The van der Waals surface area contributed by atoms with Gasteiger partial charge in [0.1, 0.15) is 10.5 Å². The van der Waals surface area contributed by atoms with Crippen molar-refractivity contribution in [1.29, 1.82) is 0 Å². The molecule has 0 saturated heterocycles. The second-order valence-electron chi connectivity index (χ2n) is 6.13. The standard InChI is InChI=1S/C14H19N3O2S/c1-14(2,3)7-11(18)17(4)8-10-15-9-5-6-20-12(9)13(19)16-10/h5-6H,7-8H2,1-4H3,(H,15,16,19). The minimum Gasteiger partial charge on any atom is -0.338 e. The number of carbonyl (C=O) groups is 1. The summed E-state index contributed by atoms with van der Waals surface area (Å²) >= 11 is 1.37. The largest absolute Gasteiger partial charge is 0.338 e. The Labute approximate surface area is 121 Å². The number of thiophene rings is 1. The van der Waals surface area contributed by atoms with Gasteiger partial charge in [0, 0.05) is 13.5 Å². The fraction of sp³-hybridized carbons (Fsp3) is 0.500. The first-order valence-corrected chi connectivity index (χ1v) is 7.34. The third-order valence-corrected chi connectivity index (χ3v) is 3.76. The fourth-order valence-corrected chi connectivity index (χ4v) is 2.62. The first-order valence-electron chi connectivity index (χ1n) is 6.47. The lowest BCUT2D eigenvalue weighted by atomic mass is 9.92. The van der Waals surface area contributed by atoms with Crippen molar-refractivity contribution in [3.05, 3.63) is 27.6 Å². The molecule has 0 radical (unpaired) electrons. The van der Waals surface area contributed by atoms with Gasteiger partial charge < -0.3 is 9.88 Å². The maximum atomic E-state index is 12.1. The predicted molar refractivity (Wildman–Crippen MR) is 80.8 cm³/mol. The predicted octanol–water partition coefficient (Wildman–Crippen LogP) is 2.38. The molecule has 0 unspecified atom stereocenters. The van der Waals surface area contributed by atoms with E-state index in [-0.39, 0.29) is 16.9 Å². The number of hydrogen-bond acceptors (Lipinski definition) is 4. The van der Waals surface area contributed by atoms with Crippen LogP contribution in [0.15, 0.2) is 16.2 Å². The molecule has 0 aliphatic heterocycles. The van der Waals surface area contributed by atoms with Crippen LogP contribution in [-0.2, 0) is 11.3 Å². The molecule has 2 heterocycles. The van der Waals surface area contributed by atoms with Gasteiger partial charge in [-0.3, -0.25) is 9.59 Å². The van der Waals surface area contributed by atoms with Crippen LogP contribution < -0.4 is 5.56 Å². The van der Waals surface area contributed by atoms with Gasteiger partial charge in [-0.15, -0.1) is 11.3 Å². The van der Waals surface area contributed by atoms with Crippen LogP contribution in [0, 0.1) is 5.41 Å². The molecule has 0 spiro atoms. The monoisotopic (exact) mass is 293 g/mol. The van der Waals surface area contributed by atoms with Gasteiger partial charge in [0.05, 0.1) is 12.1 Å². The van der Waals surface area contributed by atoms with Gasteiger partial charge in [-0.05, 0) is 16.9 Å². The Balaban J connectivity index is 2.15. The molecular weight excluding hydrogens is 274 g/mol. The molecule has 2 rings (SSSR count). The highest BCUT2D eigenvalue weighted by Crippen LogP contribution is 2.20. The van der Waals surface area contributed by atoms with Gasteiger partial charge >= 0.3 is 0 Å². The zero-order chi connectivity index (χ0) is 14.9. The number of hydrogen-bond donors (Lipinski definition) is 1. The average Bonchev–Trinajstić information content (AvgIpc) is 2.75. The number of amides is 1. The molecule has 0 bridgehead atoms. The Morgan fingerprint density at radius 1 is 1.45 bits per heavy atom. The summed E-state index contributed by atoms with van der Waals surface area (Å²) < 4.78 is 0.623. The molecule has 20 heavy (non-hydrogen) atoms. The van der Waals surface area contributed by atoms with Gasteiger partial charge in [-0.25, -0.2) is 4.98 Å². The van der Waals surface area contributed by atoms with E-state index in [2.05, 4.69) is 9.97 Å². The SMILES string of the molecule is CN(Cc1nc2ccsc2c(=O)[nH]1)C(=O)CC(C)(C)C. The van der Waals surface area contributed by atoms with Gasteiger partial charge in [-0.2, -0.15) is 0 Å². The van der Waals surface area contributed by atoms with E-state index in [0.717, 1.165) is 0 Å². The van der Waals surface area contributed by atoms with E-state index in [4.69, 9.17) is 0 Å². The molecule has 0 atom stereocenters. The summed E-state index contributed by atoms with van der Waals surface area (Å²) in [5.74, 6) is 0.566. The topological polar surface area (TPSA) is 66.1 Å². The van der Waals surface area contributed by atoms with Crippen LogP contribution >= 0.6 is 11.3 Å². The zero-order valence-electron chi connectivity index (χ0n) is 12.2. The Morgan fingerprint density at radius 3 is 2.80 bits per heavy atom. The number of fused-ring (bicyclic) bond motifs is 1. The van der Waals surface area contributed by atoms with Crippen molar-refractivity contribution in [1.82, 2.24) is 14.9 Å². The summed E-state index contributed by atoms with van der Waals surface area (Å²) in [6.45, 7) is 6.39. The van der Waals surface area contributed by atoms with Crippen molar-refractivity contribution in [3.8, 4) is 0 Å². The van der Waals surface area contributed by atoms with Crippen molar-refractivity contribution in [2.75, 3.05) is 7.05 Å². The summed E-state index contributed by atoms with van der Waals surface area (Å²) in [5, 5.41) is 1.84. The van der Waals surface area contributed by atoms with Crippen LogP contribution in [0.2, 0.25) is 0 Å². The Morgan fingerprint density at radius 2 is 2.15 bits per heavy atom. The van der Waals surface area contributed by atoms with Crippen molar-refractivity contribution in [2.45, 2.75) is 33.7 Å². The van der Waals surface area contributed by atoms with E-state index in [9.17, 15) is 9.59 Å². The number of nitrogens with zero attached hydrogens (tertiary/aromatic N) is 2. The maximum absolute atomic E-state index is 12.1. The maximum Gasteiger partial charge on any atom is 0.268 e. The summed E-state index contributed by atoms with van der Waals surface area (Å²) in [6, 6.07) is 1.82. The Kier molecular flexibility index (Phi) is 3.94. The second kappa shape index (κ2) is 5.36. The second-order valence-corrected chi connectivity index (χ2v) is 7.05. The van der Waals surface area contributed by atoms with E-state index < -0.39 is 0 Å². The van der Waals surface area contributed by atoms with E-state index in [0.29, 0.717) is 29.0 Å². The Bertz CT molecular complexity index is 682. The fourth-order valence-electron chi connectivity index (χ4n) is 1.90. The number of H-pyrrole nitrogens is 1. The molecule has 0 aliphatic carbocycles. The number of aromatic amines is 1. The molecule has 2 aromatic heterocycles. The molecule has 2 aromatic rings. The van der Waals surface area contributed by atoms with Crippen LogP contribution in [-0.4, -0.2) is 27.8 Å². The van der Waals surface area contributed by atoms with E-state index in [1.807, 2.05) is 32.2 Å². The highest BCUT2D eigenvalue weighted by molar-refractivity contribution is 7.17. The van der Waals surface area contributed by atoms with E-state index in [1.54, 1.807) is 11.9 Å². The Hall–Kier alpha value is -1.69. The van der Waals surface area contributed by atoms with Gasteiger partial charge in [0.25, 0.3) is 5.56 Å². The number of carbonyl (C=O) groups excluding carboxylic acids is 1. The first kappa shape index (κ1) is 14.7. The van der Waals surface area contributed by atoms with Crippen LogP contribution in [0.5, 0.6) is 0 Å². The molecular formula is C14H19N3O2S. The highest BCUT2D eigenvalue weighted by Gasteiger charge is 2.19. The number of aromatic nitrogens is 2. The minimum absolute atomic E-state index is 0.0468. The summed E-state index contributed by atoms with van der Waals surface area (Å²) in [5.41, 5.74) is 0.492. The lowest BCUT2D eigenvalue weighted by molar-refractivity contribution is -0.132. The first-order chi connectivity index (χ1) is 9.26. The third-order valence-electron chi connectivity index (χ3n) is 2.86. The van der Waals surface area contributed by atoms with Crippen molar-refractivity contribution >= 4 is 27.5 Å². The van der Waals surface area contributed by atoms with Gasteiger partial charge in [0.2, 0.25) is 5.91 Å². The summed E-state index contributed by atoms with van der Waals surface area (Å²) in [7, 11) is 1.73. The molecule has 5 nitrogen and oxygen atoms in total. The average molecular weight is 293 g/mol. The van der Waals surface area contributed by atoms with Gasteiger partial charge in [0.15, 0.2) is 0 Å². The molecule has 0 fully saturated rings. The molecule has 1 amide bonds. The summed E-state index contributed by atoms with van der Waals surface area (Å²) in [6.07, 6.45) is 0.467. The lowest BCUT2D eigenvalue weighted by Crippen LogP contribution is -2.31. The normalized spacial score (nSPS) is 11.8. The van der Waals surface area contributed by atoms with Crippen LogP contribution in [0.25, 0.3) is 10.2 Å². The molecule has 0 aromatic carbocycles.